The first-order valence-corrected chi connectivity index (χ1v) is 7.21. The molecule has 0 saturated carbocycles. The highest BCUT2D eigenvalue weighted by Gasteiger charge is 2.37. The lowest BCUT2D eigenvalue weighted by Crippen LogP contribution is -2.46. The molecule has 0 spiro atoms. The van der Waals surface area contributed by atoms with Crippen molar-refractivity contribution in [2.75, 3.05) is 12.3 Å². The molecule has 128 valence electrons. The lowest BCUT2D eigenvalue weighted by molar-refractivity contribution is -0.386. The first-order chi connectivity index (χ1) is 11.1. The van der Waals surface area contributed by atoms with E-state index in [1.807, 2.05) is 0 Å². The van der Waals surface area contributed by atoms with Gasteiger partial charge in [0.2, 0.25) is 11.8 Å². The Balaban J connectivity index is 2.19. The van der Waals surface area contributed by atoms with Crippen molar-refractivity contribution < 1.29 is 24.0 Å². The second-order valence-corrected chi connectivity index (χ2v) is 5.89. The Kier molecular flexibility index (Phi) is 4.54. The van der Waals surface area contributed by atoms with Gasteiger partial charge < -0.3 is 10.5 Å². The third kappa shape index (κ3) is 3.50. The highest BCUT2D eigenvalue weighted by molar-refractivity contribution is 6.05. The second-order valence-electron chi connectivity index (χ2n) is 5.89. The van der Waals surface area contributed by atoms with E-state index in [-0.39, 0.29) is 30.0 Å². The molecule has 1 aromatic carbocycles. The number of nitro benzene ring substituents is 1. The molecular formula is C15H17N3O6. The monoisotopic (exact) mass is 335 g/mol. The van der Waals surface area contributed by atoms with Crippen LogP contribution in [0.4, 0.5) is 11.4 Å². The molecule has 1 aliphatic heterocycles. The molecule has 2 N–H and O–H groups in total. The number of nitrogen functional groups attached to an aromatic ring is 1. The van der Waals surface area contributed by atoms with Crippen LogP contribution in [0.15, 0.2) is 18.2 Å². The maximum absolute atomic E-state index is 12.4. The van der Waals surface area contributed by atoms with E-state index in [0.717, 1.165) is 11.0 Å². The van der Waals surface area contributed by atoms with Crippen LogP contribution in [0.1, 0.15) is 26.7 Å². The molecule has 0 radical (unpaired) electrons. The van der Waals surface area contributed by atoms with Gasteiger partial charge in [0.1, 0.15) is 0 Å². The van der Waals surface area contributed by atoms with E-state index < -0.39 is 34.7 Å². The standard InChI is InChI=1S/C15H17N3O6/c1-15(2,12(19)8-17-13(20)5-6-14(17)21)24-11-4-3-9(16)7-10(11)18(22)23/h3-4,7H,5-6,8,16H2,1-2H3. The van der Waals surface area contributed by atoms with Crippen molar-refractivity contribution in [1.82, 2.24) is 4.90 Å². The van der Waals surface area contributed by atoms with Gasteiger partial charge in [-0.25, -0.2) is 0 Å². The largest absolute Gasteiger partial charge is 0.473 e. The molecule has 2 amide bonds. The summed E-state index contributed by atoms with van der Waals surface area (Å²) in [6.45, 7) is 2.41. The molecule has 0 bridgehead atoms. The number of nitro groups is 1. The van der Waals surface area contributed by atoms with Crippen molar-refractivity contribution in [2.24, 2.45) is 0 Å². The Hall–Kier alpha value is -2.97. The number of rotatable bonds is 6. The van der Waals surface area contributed by atoms with Crippen molar-refractivity contribution in [3.63, 3.8) is 0 Å². The zero-order chi connectivity index (χ0) is 18.1. The number of carbonyl (C=O) groups excluding carboxylic acids is 3. The van der Waals surface area contributed by atoms with Crippen molar-refractivity contribution in [2.45, 2.75) is 32.3 Å². The maximum Gasteiger partial charge on any atom is 0.313 e. The van der Waals surface area contributed by atoms with Crippen LogP contribution in [-0.4, -0.2) is 39.6 Å². The van der Waals surface area contributed by atoms with Crippen molar-refractivity contribution in [3.8, 4) is 5.75 Å². The fraction of sp³-hybridized carbons (Fsp3) is 0.400. The van der Waals surface area contributed by atoms with Crippen LogP contribution in [-0.2, 0) is 14.4 Å². The van der Waals surface area contributed by atoms with Gasteiger partial charge in [-0.2, -0.15) is 0 Å². The first-order valence-electron chi connectivity index (χ1n) is 7.21. The van der Waals surface area contributed by atoms with Gasteiger partial charge in [0.15, 0.2) is 17.1 Å². The van der Waals surface area contributed by atoms with Gasteiger partial charge in [0.05, 0.1) is 11.5 Å². The van der Waals surface area contributed by atoms with E-state index in [2.05, 4.69) is 0 Å². The summed E-state index contributed by atoms with van der Waals surface area (Å²) >= 11 is 0. The summed E-state index contributed by atoms with van der Waals surface area (Å²) in [4.78, 5) is 46.9. The summed E-state index contributed by atoms with van der Waals surface area (Å²) in [5, 5.41) is 11.1. The van der Waals surface area contributed by atoms with E-state index in [1.54, 1.807) is 0 Å². The van der Waals surface area contributed by atoms with Crippen LogP contribution in [0.5, 0.6) is 5.75 Å². The normalized spacial score (nSPS) is 14.8. The zero-order valence-electron chi connectivity index (χ0n) is 13.3. The Morgan fingerprint density at radius 2 is 1.92 bits per heavy atom. The van der Waals surface area contributed by atoms with Gasteiger partial charge in [-0.1, -0.05) is 0 Å². The highest BCUT2D eigenvalue weighted by atomic mass is 16.6. The summed E-state index contributed by atoms with van der Waals surface area (Å²) in [6, 6.07) is 3.84. The van der Waals surface area contributed by atoms with Gasteiger partial charge in [-0.3, -0.25) is 29.4 Å². The number of nitrogens with zero attached hydrogens (tertiary/aromatic N) is 2. The summed E-state index contributed by atoms with van der Waals surface area (Å²) in [5.41, 5.74) is 3.87. The number of hydrogen-bond donors (Lipinski definition) is 1. The Bertz CT molecular complexity index is 712. The number of anilines is 1. The smallest absolute Gasteiger partial charge is 0.313 e. The Morgan fingerprint density at radius 1 is 1.33 bits per heavy atom. The van der Waals surface area contributed by atoms with Gasteiger partial charge in [-0.05, 0) is 26.0 Å². The van der Waals surface area contributed by atoms with E-state index >= 15 is 0 Å². The number of likely N-dealkylation sites (tertiary alicyclic amines) is 1. The molecule has 0 aliphatic carbocycles. The third-order valence-corrected chi connectivity index (χ3v) is 3.67. The van der Waals surface area contributed by atoms with E-state index in [1.165, 1.54) is 26.0 Å². The fourth-order valence-electron chi connectivity index (χ4n) is 2.23. The number of ketones is 1. The molecule has 9 heteroatoms. The fourth-order valence-corrected chi connectivity index (χ4v) is 2.23. The molecule has 1 saturated heterocycles. The number of benzene rings is 1. The summed E-state index contributed by atoms with van der Waals surface area (Å²) in [7, 11) is 0. The van der Waals surface area contributed by atoms with E-state index in [4.69, 9.17) is 10.5 Å². The van der Waals surface area contributed by atoms with Crippen LogP contribution in [0.25, 0.3) is 0 Å². The van der Waals surface area contributed by atoms with Crippen LogP contribution >= 0.6 is 0 Å². The molecule has 0 atom stereocenters. The number of imide groups is 1. The lowest BCUT2D eigenvalue weighted by atomic mass is 10.0. The SMILES string of the molecule is CC(C)(Oc1ccc(N)cc1[N+](=O)[O-])C(=O)CN1C(=O)CCC1=O. The molecule has 1 fully saturated rings. The maximum atomic E-state index is 12.4. The minimum absolute atomic E-state index is 0.0802. The molecule has 0 aromatic heterocycles. The lowest BCUT2D eigenvalue weighted by Gasteiger charge is -2.26. The molecular weight excluding hydrogens is 318 g/mol. The molecule has 1 aliphatic rings. The highest BCUT2D eigenvalue weighted by Crippen LogP contribution is 2.32. The predicted molar refractivity (Wildman–Crippen MR) is 83.2 cm³/mol. The quantitative estimate of drug-likeness (QED) is 0.355. The average Bonchev–Trinajstić information content (AvgIpc) is 2.80. The minimum Gasteiger partial charge on any atom is -0.473 e. The van der Waals surface area contributed by atoms with Crippen molar-refractivity contribution >= 4 is 29.0 Å². The second kappa shape index (κ2) is 6.26. The number of Topliss-reactive ketones (excluding diaryl/α,β-unsaturated/α-hetero) is 1. The summed E-state index contributed by atoms with van der Waals surface area (Å²) < 4.78 is 5.50. The van der Waals surface area contributed by atoms with Gasteiger partial charge in [0, 0.05) is 24.6 Å². The minimum atomic E-state index is -1.47. The average molecular weight is 335 g/mol. The topological polar surface area (TPSA) is 133 Å². The number of nitrogens with two attached hydrogens (primary N) is 1. The van der Waals surface area contributed by atoms with E-state index in [9.17, 15) is 24.5 Å². The predicted octanol–water partition coefficient (Wildman–Crippen LogP) is 1.05. The molecule has 24 heavy (non-hydrogen) atoms. The van der Waals surface area contributed by atoms with Crippen molar-refractivity contribution in [3.05, 3.63) is 28.3 Å². The summed E-state index contributed by atoms with van der Waals surface area (Å²) in [6.07, 6.45) is 0.160. The Morgan fingerprint density at radius 3 is 2.46 bits per heavy atom. The zero-order valence-corrected chi connectivity index (χ0v) is 13.3. The molecule has 1 aromatic rings. The van der Waals surface area contributed by atoms with E-state index in [0.29, 0.717) is 0 Å². The number of amides is 2. The van der Waals surface area contributed by atoms with Crippen LogP contribution in [0.3, 0.4) is 0 Å². The van der Waals surface area contributed by atoms with Gasteiger partial charge in [-0.15, -0.1) is 0 Å². The number of ether oxygens (including phenoxy) is 1. The summed E-state index contributed by atoms with van der Waals surface area (Å²) in [5.74, 6) is -1.49. The molecule has 1 heterocycles. The first kappa shape index (κ1) is 17.4. The van der Waals surface area contributed by atoms with Gasteiger partial charge in [0.25, 0.3) is 0 Å². The molecule has 2 rings (SSSR count). The van der Waals surface area contributed by atoms with Crippen LogP contribution < -0.4 is 10.5 Å². The molecule has 0 unspecified atom stereocenters. The van der Waals surface area contributed by atoms with Crippen LogP contribution in [0.2, 0.25) is 0 Å². The van der Waals surface area contributed by atoms with Crippen LogP contribution in [0, 0.1) is 10.1 Å². The van der Waals surface area contributed by atoms with Crippen molar-refractivity contribution in [1.29, 1.82) is 0 Å². The Labute approximate surface area is 137 Å². The van der Waals surface area contributed by atoms with Gasteiger partial charge >= 0.3 is 5.69 Å². The molecule has 9 nitrogen and oxygen atoms in total. The third-order valence-electron chi connectivity index (χ3n) is 3.67. The number of carbonyl (C=O) groups is 3. The number of hydrogen-bond acceptors (Lipinski definition) is 7.